The summed E-state index contributed by atoms with van der Waals surface area (Å²) in [6.07, 6.45) is 4.85. The Morgan fingerprint density at radius 1 is 1.09 bits per heavy atom. The number of aromatic hydroxyl groups is 1. The molecule has 1 N–H and O–H groups in total. The van der Waals surface area contributed by atoms with Gasteiger partial charge in [0.25, 0.3) is 5.91 Å². The van der Waals surface area contributed by atoms with E-state index in [1.807, 2.05) is 24.3 Å². The van der Waals surface area contributed by atoms with Gasteiger partial charge >= 0.3 is 0 Å². The first-order valence-corrected chi connectivity index (χ1v) is 10.8. The predicted octanol–water partition coefficient (Wildman–Crippen LogP) is 4.51. The van der Waals surface area contributed by atoms with Gasteiger partial charge in [-0.25, -0.2) is 0 Å². The van der Waals surface area contributed by atoms with Crippen LogP contribution in [0, 0.1) is 0 Å². The number of ether oxygens (including phenoxy) is 2. The summed E-state index contributed by atoms with van der Waals surface area (Å²) >= 11 is 1.22. The van der Waals surface area contributed by atoms with Crippen molar-refractivity contribution in [2.24, 2.45) is 10.2 Å². The summed E-state index contributed by atoms with van der Waals surface area (Å²) in [5.74, 6) is 1.46. The summed E-state index contributed by atoms with van der Waals surface area (Å²) in [4.78, 5) is 15.2. The maximum atomic E-state index is 13.2. The van der Waals surface area contributed by atoms with Crippen molar-refractivity contribution in [3.05, 3.63) is 82.7 Å². The summed E-state index contributed by atoms with van der Waals surface area (Å²) in [6, 6.07) is 15.9. The number of hydrogen-bond acceptors (Lipinski definition) is 8. The highest BCUT2D eigenvalue weighted by atomic mass is 32.2. The molecule has 2 heterocycles. The molecular weight excluding hydrogens is 442 g/mol. The zero-order valence-corrected chi connectivity index (χ0v) is 18.8. The summed E-state index contributed by atoms with van der Waals surface area (Å²) in [5, 5.41) is 18.6. The van der Waals surface area contributed by atoms with Gasteiger partial charge in [-0.1, -0.05) is 18.2 Å². The zero-order valence-electron chi connectivity index (χ0n) is 18.0. The van der Waals surface area contributed by atoms with E-state index in [2.05, 4.69) is 10.2 Å². The van der Waals surface area contributed by atoms with Crippen molar-refractivity contribution in [3.8, 4) is 17.2 Å². The molecule has 2 aromatic carbocycles. The molecule has 0 bridgehead atoms. The van der Waals surface area contributed by atoms with Gasteiger partial charge in [0.2, 0.25) is 0 Å². The number of phenols is 1. The Bertz CT molecular complexity index is 1230. The number of para-hydroxylation sites is 1. The SMILES string of the molecule is COc1cc(/C=N/N=C2\S/C(=C\c3ccccc3OC)C(=O)N2Cc2ccco2)ccc1O. The molecule has 168 valence electrons. The maximum absolute atomic E-state index is 13.2. The Kier molecular flexibility index (Phi) is 6.80. The number of amidine groups is 1. The highest BCUT2D eigenvalue weighted by Gasteiger charge is 2.34. The molecule has 0 radical (unpaired) electrons. The van der Waals surface area contributed by atoms with Crippen LogP contribution >= 0.6 is 11.8 Å². The minimum atomic E-state index is -0.206. The highest BCUT2D eigenvalue weighted by molar-refractivity contribution is 8.18. The van der Waals surface area contributed by atoms with Crippen LogP contribution in [0.25, 0.3) is 6.08 Å². The van der Waals surface area contributed by atoms with Crippen LogP contribution < -0.4 is 9.47 Å². The lowest BCUT2D eigenvalue weighted by atomic mass is 10.2. The number of amides is 1. The molecule has 4 rings (SSSR count). The van der Waals surface area contributed by atoms with Crippen molar-refractivity contribution in [2.75, 3.05) is 14.2 Å². The van der Waals surface area contributed by atoms with E-state index in [1.54, 1.807) is 43.7 Å². The van der Waals surface area contributed by atoms with Crippen molar-refractivity contribution in [2.45, 2.75) is 6.54 Å². The van der Waals surface area contributed by atoms with Crippen LogP contribution in [-0.2, 0) is 11.3 Å². The topological polar surface area (TPSA) is 96.9 Å². The average molecular weight is 464 g/mol. The summed E-state index contributed by atoms with van der Waals surface area (Å²) in [6.45, 7) is 0.226. The molecule has 9 heteroatoms. The van der Waals surface area contributed by atoms with Gasteiger partial charge in [0, 0.05) is 5.56 Å². The van der Waals surface area contributed by atoms with Gasteiger partial charge in [-0.2, -0.15) is 5.10 Å². The van der Waals surface area contributed by atoms with E-state index in [-0.39, 0.29) is 18.2 Å². The van der Waals surface area contributed by atoms with E-state index in [0.717, 1.165) is 5.56 Å². The van der Waals surface area contributed by atoms with Crippen molar-refractivity contribution in [1.82, 2.24) is 4.90 Å². The average Bonchev–Trinajstić information content (AvgIpc) is 3.45. The van der Waals surface area contributed by atoms with E-state index < -0.39 is 0 Å². The third-order valence-corrected chi connectivity index (χ3v) is 5.76. The Morgan fingerprint density at radius 2 is 1.91 bits per heavy atom. The van der Waals surface area contributed by atoms with Crippen LogP contribution in [0.4, 0.5) is 0 Å². The lowest BCUT2D eigenvalue weighted by Gasteiger charge is -2.12. The molecule has 1 aromatic heterocycles. The number of furan rings is 1. The van der Waals surface area contributed by atoms with Crippen molar-refractivity contribution >= 4 is 35.1 Å². The van der Waals surface area contributed by atoms with Gasteiger partial charge in [-0.05, 0) is 59.8 Å². The summed E-state index contributed by atoms with van der Waals surface area (Å²) in [7, 11) is 3.06. The molecule has 1 fully saturated rings. The molecule has 0 unspecified atom stereocenters. The maximum Gasteiger partial charge on any atom is 0.267 e. The van der Waals surface area contributed by atoms with Gasteiger partial charge < -0.3 is 19.0 Å². The van der Waals surface area contributed by atoms with E-state index in [1.165, 1.54) is 36.1 Å². The third-order valence-electron chi connectivity index (χ3n) is 4.76. The molecule has 3 aromatic rings. The molecule has 1 aliphatic rings. The Morgan fingerprint density at radius 3 is 2.67 bits per heavy atom. The number of phenolic OH excluding ortho intramolecular Hbond substituents is 1. The fraction of sp³-hybridized carbons (Fsp3) is 0.125. The molecule has 1 saturated heterocycles. The monoisotopic (exact) mass is 463 g/mol. The van der Waals surface area contributed by atoms with Crippen molar-refractivity contribution in [3.63, 3.8) is 0 Å². The minimum Gasteiger partial charge on any atom is -0.504 e. The summed E-state index contributed by atoms with van der Waals surface area (Å²) < 4.78 is 15.9. The van der Waals surface area contributed by atoms with Gasteiger partial charge in [0.15, 0.2) is 16.7 Å². The second kappa shape index (κ2) is 10.1. The van der Waals surface area contributed by atoms with Gasteiger partial charge in [-0.15, -0.1) is 5.10 Å². The van der Waals surface area contributed by atoms with Gasteiger partial charge in [0.05, 0.1) is 38.1 Å². The van der Waals surface area contributed by atoms with Crippen molar-refractivity contribution in [1.29, 1.82) is 0 Å². The largest absolute Gasteiger partial charge is 0.504 e. The van der Waals surface area contributed by atoms with Crippen LogP contribution in [0.1, 0.15) is 16.9 Å². The molecule has 0 saturated carbocycles. The van der Waals surface area contributed by atoms with Gasteiger partial charge in [0.1, 0.15) is 11.5 Å². The van der Waals surface area contributed by atoms with Crippen LogP contribution in [0.2, 0.25) is 0 Å². The number of carbonyl (C=O) groups is 1. The van der Waals surface area contributed by atoms with Gasteiger partial charge in [-0.3, -0.25) is 9.69 Å². The molecular formula is C24H21N3O5S. The fourth-order valence-corrected chi connectivity index (χ4v) is 4.05. The fourth-order valence-electron chi connectivity index (χ4n) is 3.13. The first kappa shape index (κ1) is 22.2. The Balaban J connectivity index is 1.64. The number of nitrogens with zero attached hydrogens (tertiary/aromatic N) is 3. The van der Waals surface area contributed by atoms with E-state index in [9.17, 15) is 9.90 Å². The molecule has 1 amide bonds. The van der Waals surface area contributed by atoms with Crippen LogP contribution in [-0.4, -0.2) is 41.5 Å². The highest BCUT2D eigenvalue weighted by Crippen LogP contribution is 2.35. The summed E-state index contributed by atoms with van der Waals surface area (Å²) in [5.41, 5.74) is 1.47. The molecule has 0 atom stereocenters. The first-order valence-electron chi connectivity index (χ1n) is 9.94. The molecule has 0 spiro atoms. The number of carbonyl (C=O) groups excluding carboxylic acids is 1. The first-order chi connectivity index (χ1) is 16.1. The van der Waals surface area contributed by atoms with Crippen LogP contribution in [0.15, 0.2) is 80.4 Å². The number of methoxy groups -OCH3 is 2. The second-order valence-electron chi connectivity index (χ2n) is 6.88. The molecule has 1 aliphatic heterocycles. The quantitative estimate of drug-likeness (QED) is 0.315. The Labute approximate surface area is 194 Å². The number of benzene rings is 2. The Hall–Kier alpha value is -3.98. The lowest BCUT2D eigenvalue weighted by Crippen LogP contribution is -2.28. The number of rotatable bonds is 7. The normalized spacial score (nSPS) is 16.3. The minimum absolute atomic E-state index is 0.0358. The smallest absolute Gasteiger partial charge is 0.267 e. The zero-order chi connectivity index (χ0) is 23.2. The van der Waals surface area contributed by atoms with Crippen LogP contribution in [0.3, 0.4) is 0 Å². The number of thioether (sulfide) groups is 1. The van der Waals surface area contributed by atoms with E-state index in [0.29, 0.717) is 32.9 Å². The van der Waals surface area contributed by atoms with Crippen LogP contribution in [0.5, 0.6) is 17.2 Å². The second-order valence-corrected chi connectivity index (χ2v) is 7.89. The van der Waals surface area contributed by atoms with Crippen molar-refractivity contribution < 1.29 is 23.8 Å². The predicted molar refractivity (Wildman–Crippen MR) is 128 cm³/mol. The van der Waals surface area contributed by atoms with E-state index in [4.69, 9.17) is 13.9 Å². The lowest BCUT2D eigenvalue weighted by molar-refractivity contribution is -0.122. The third kappa shape index (κ3) is 5.09. The number of hydrogen-bond donors (Lipinski definition) is 1. The van der Waals surface area contributed by atoms with E-state index >= 15 is 0 Å². The molecule has 0 aliphatic carbocycles. The molecule has 33 heavy (non-hydrogen) atoms. The molecule has 8 nitrogen and oxygen atoms in total. The standard InChI is InChI=1S/C24H21N3O5S/c1-30-20-8-4-3-6-17(20)13-22-23(29)27(15-18-7-5-11-32-18)24(33-22)26-25-14-16-9-10-19(28)21(12-16)31-2/h3-14,28H,15H2,1-2H3/b22-13-,25-14+,26-24-.